The van der Waals surface area contributed by atoms with Gasteiger partial charge >= 0.3 is 0 Å². The van der Waals surface area contributed by atoms with Gasteiger partial charge in [-0.15, -0.1) is 0 Å². The number of nitrogens with zero attached hydrogens (tertiary/aromatic N) is 5. The van der Waals surface area contributed by atoms with E-state index in [9.17, 15) is 4.79 Å². The Labute approximate surface area is 170 Å². The van der Waals surface area contributed by atoms with E-state index in [0.717, 1.165) is 69.3 Å². The molecule has 2 aliphatic heterocycles. The van der Waals surface area contributed by atoms with E-state index < -0.39 is 0 Å². The maximum atomic E-state index is 11.7. The first kappa shape index (κ1) is 19.4. The maximum absolute atomic E-state index is 11.7. The number of aromatic nitrogens is 3. The zero-order valence-electron chi connectivity index (χ0n) is 16.5. The number of morpholine rings is 1. The molecular weight excluding hydrogens is 370 g/mol. The number of hydrogen-bond acceptors (Lipinski definition) is 8. The van der Waals surface area contributed by atoms with E-state index in [4.69, 9.17) is 10.5 Å². The Morgan fingerprint density at radius 2 is 2.03 bits per heavy atom. The van der Waals surface area contributed by atoms with Gasteiger partial charge in [-0.2, -0.15) is 4.98 Å². The number of hydrogen-bond donors (Lipinski definition) is 2. The van der Waals surface area contributed by atoms with Crippen LogP contribution in [-0.2, 0) is 9.53 Å². The lowest BCUT2D eigenvalue weighted by molar-refractivity contribution is -0.127. The van der Waals surface area contributed by atoms with Crippen LogP contribution in [0.15, 0.2) is 24.4 Å². The largest absolute Gasteiger partial charge is 0.378 e. The van der Waals surface area contributed by atoms with Crippen molar-refractivity contribution in [1.29, 1.82) is 0 Å². The van der Waals surface area contributed by atoms with Crippen molar-refractivity contribution in [1.82, 2.24) is 19.9 Å². The lowest BCUT2D eigenvalue weighted by Gasteiger charge is -2.27. The quantitative estimate of drug-likeness (QED) is 0.675. The van der Waals surface area contributed by atoms with E-state index in [1.165, 1.54) is 0 Å². The Balaban J connectivity index is 1.36. The summed E-state index contributed by atoms with van der Waals surface area (Å²) < 4.78 is 5.39. The number of nitrogens with one attached hydrogen (secondary N) is 1. The van der Waals surface area contributed by atoms with Gasteiger partial charge < -0.3 is 25.6 Å². The highest BCUT2D eigenvalue weighted by atomic mass is 16.5. The fourth-order valence-electron chi connectivity index (χ4n) is 3.65. The number of anilines is 3. The summed E-state index contributed by atoms with van der Waals surface area (Å²) in [5.41, 5.74) is 7.53. The van der Waals surface area contributed by atoms with Crippen molar-refractivity contribution in [3.63, 3.8) is 0 Å². The molecule has 3 N–H and O–H groups in total. The van der Waals surface area contributed by atoms with Crippen LogP contribution < -0.4 is 16.0 Å². The molecule has 0 saturated carbocycles. The van der Waals surface area contributed by atoms with Crippen molar-refractivity contribution < 1.29 is 9.53 Å². The number of rotatable bonds is 7. The van der Waals surface area contributed by atoms with Gasteiger partial charge in [-0.25, -0.2) is 9.97 Å². The predicted octanol–water partition coefficient (Wildman–Crippen LogP) is 1.38. The molecule has 0 aliphatic carbocycles. The number of ether oxygens (including phenoxy) is 1. The first-order chi connectivity index (χ1) is 14.2. The lowest BCUT2D eigenvalue weighted by atomic mass is 10.2. The molecule has 2 aromatic rings. The van der Waals surface area contributed by atoms with Crippen molar-refractivity contribution in [2.24, 2.45) is 0 Å². The lowest BCUT2D eigenvalue weighted by Crippen LogP contribution is -2.36. The molecule has 2 fully saturated rings. The number of nitrogen functional groups attached to an aromatic ring is 1. The third-order valence-corrected chi connectivity index (χ3v) is 5.20. The minimum absolute atomic E-state index is 0.219. The molecular formula is C20H27N7O2. The zero-order valence-corrected chi connectivity index (χ0v) is 16.5. The average Bonchev–Trinajstić information content (AvgIpc) is 3.16. The van der Waals surface area contributed by atoms with Crippen LogP contribution in [-0.4, -0.2) is 71.7 Å². The first-order valence-electron chi connectivity index (χ1n) is 10.1. The Morgan fingerprint density at radius 3 is 2.76 bits per heavy atom. The second kappa shape index (κ2) is 9.04. The average molecular weight is 397 g/mol. The summed E-state index contributed by atoms with van der Waals surface area (Å²) in [7, 11) is 0. The van der Waals surface area contributed by atoms with Gasteiger partial charge in [-0.1, -0.05) is 0 Å². The number of amides is 1. The monoisotopic (exact) mass is 397 g/mol. The molecule has 29 heavy (non-hydrogen) atoms. The topological polar surface area (TPSA) is 110 Å². The summed E-state index contributed by atoms with van der Waals surface area (Å²) in [5.74, 6) is 2.09. The molecule has 4 rings (SSSR count). The molecule has 0 atom stereocenters. The Hall–Kier alpha value is -2.94. The highest BCUT2D eigenvalue weighted by Gasteiger charge is 2.19. The molecule has 0 bridgehead atoms. The van der Waals surface area contributed by atoms with Gasteiger partial charge in [0, 0.05) is 57.0 Å². The van der Waals surface area contributed by atoms with Crippen molar-refractivity contribution in [2.75, 3.05) is 61.9 Å². The number of likely N-dealkylation sites (tertiary alicyclic amines) is 1. The highest BCUT2D eigenvalue weighted by Crippen LogP contribution is 2.22. The smallest absolute Gasteiger partial charge is 0.222 e. The summed E-state index contributed by atoms with van der Waals surface area (Å²) in [4.78, 5) is 29.0. The van der Waals surface area contributed by atoms with Crippen molar-refractivity contribution in [2.45, 2.75) is 19.3 Å². The molecule has 154 valence electrons. The van der Waals surface area contributed by atoms with Gasteiger partial charge in [0.2, 0.25) is 11.9 Å². The molecule has 2 aromatic heterocycles. The highest BCUT2D eigenvalue weighted by molar-refractivity contribution is 5.78. The van der Waals surface area contributed by atoms with E-state index in [0.29, 0.717) is 18.8 Å². The fourth-order valence-corrected chi connectivity index (χ4v) is 3.65. The second-order valence-electron chi connectivity index (χ2n) is 7.27. The molecule has 9 nitrogen and oxygen atoms in total. The maximum Gasteiger partial charge on any atom is 0.222 e. The standard InChI is InChI=1S/C20H27N7O2/c21-20-24-16(15-4-5-18(23-14-15)26-9-11-29-12-10-26)13-17(25-20)22-6-2-8-27-7-1-3-19(27)28/h4-5,13-14H,1-3,6-12H2,(H3,21,22,24,25). The van der Waals surface area contributed by atoms with Gasteiger partial charge in [-0.05, 0) is 25.0 Å². The molecule has 2 aliphatic rings. The van der Waals surface area contributed by atoms with Crippen LogP contribution in [0.3, 0.4) is 0 Å². The molecule has 2 saturated heterocycles. The summed E-state index contributed by atoms with van der Waals surface area (Å²) in [6.45, 7) is 5.52. The number of nitrogens with two attached hydrogens (primary N) is 1. The molecule has 9 heteroatoms. The summed E-state index contributed by atoms with van der Waals surface area (Å²) in [5, 5.41) is 3.29. The number of carbonyl (C=O) groups excluding carboxylic acids is 1. The van der Waals surface area contributed by atoms with Gasteiger partial charge in [-0.3, -0.25) is 4.79 Å². The molecule has 0 spiro atoms. The third kappa shape index (κ3) is 4.92. The van der Waals surface area contributed by atoms with Gasteiger partial charge in [0.05, 0.1) is 18.9 Å². The van der Waals surface area contributed by atoms with Crippen LogP contribution in [0.5, 0.6) is 0 Å². The fraction of sp³-hybridized carbons (Fsp3) is 0.500. The summed E-state index contributed by atoms with van der Waals surface area (Å²) >= 11 is 0. The van der Waals surface area contributed by atoms with Crippen LogP contribution in [0, 0.1) is 0 Å². The predicted molar refractivity (Wildman–Crippen MR) is 112 cm³/mol. The molecule has 4 heterocycles. The number of pyridine rings is 1. The van der Waals surface area contributed by atoms with E-state index in [1.54, 1.807) is 0 Å². The first-order valence-corrected chi connectivity index (χ1v) is 10.1. The summed E-state index contributed by atoms with van der Waals surface area (Å²) in [6.07, 6.45) is 4.32. The van der Waals surface area contributed by atoms with E-state index in [2.05, 4.69) is 25.2 Å². The van der Waals surface area contributed by atoms with E-state index in [1.807, 2.05) is 29.3 Å². The molecule has 0 radical (unpaired) electrons. The van der Waals surface area contributed by atoms with Crippen LogP contribution in [0.4, 0.5) is 17.6 Å². The molecule has 1 amide bonds. The Kier molecular flexibility index (Phi) is 6.04. The SMILES string of the molecule is Nc1nc(NCCCN2CCCC2=O)cc(-c2ccc(N3CCOCC3)nc2)n1. The van der Waals surface area contributed by atoms with Gasteiger partial charge in [0.25, 0.3) is 0 Å². The minimum Gasteiger partial charge on any atom is -0.378 e. The van der Waals surface area contributed by atoms with Crippen LogP contribution in [0.1, 0.15) is 19.3 Å². The van der Waals surface area contributed by atoms with E-state index >= 15 is 0 Å². The van der Waals surface area contributed by atoms with Crippen LogP contribution in [0.2, 0.25) is 0 Å². The minimum atomic E-state index is 0.219. The zero-order chi connectivity index (χ0) is 20.1. The van der Waals surface area contributed by atoms with Crippen molar-refractivity contribution >= 4 is 23.5 Å². The van der Waals surface area contributed by atoms with Crippen molar-refractivity contribution in [3.05, 3.63) is 24.4 Å². The van der Waals surface area contributed by atoms with E-state index in [-0.39, 0.29) is 11.9 Å². The third-order valence-electron chi connectivity index (χ3n) is 5.20. The second-order valence-corrected chi connectivity index (χ2v) is 7.27. The van der Waals surface area contributed by atoms with Crippen LogP contribution >= 0.6 is 0 Å². The summed E-state index contributed by atoms with van der Waals surface area (Å²) in [6, 6.07) is 5.88. The van der Waals surface area contributed by atoms with Gasteiger partial charge in [0.1, 0.15) is 11.6 Å². The normalized spacial score (nSPS) is 17.0. The van der Waals surface area contributed by atoms with Crippen molar-refractivity contribution in [3.8, 4) is 11.3 Å². The Bertz CT molecular complexity index is 837. The number of carbonyl (C=O) groups is 1. The van der Waals surface area contributed by atoms with Crippen LogP contribution in [0.25, 0.3) is 11.3 Å². The van der Waals surface area contributed by atoms with Gasteiger partial charge in [0.15, 0.2) is 0 Å². The molecule has 0 aromatic carbocycles. The Morgan fingerprint density at radius 1 is 1.17 bits per heavy atom. The molecule has 0 unspecified atom stereocenters.